The fourth-order valence-corrected chi connectivity index (χ4v) is 1.82. The zero-order valence-electron chi connectivity index (χ0n) is 11.5. The number of carbonyl (C=O) groups excluding carboxylic acids is 1. The molecule has 0 fully saturated rings. The van der Waals surface area contributed by atoms with Gasteiger partial charge in [0.2, 0.25) is 5.75 Å². The minimum atomic E-state index is -0.539. The normalized spacial score (nSPS) is 10.0. The zero-order chi connectivity index (χ0) is 15.4. The van der Waals surface area contributed by atoms with Crippen molar-refractivity contribution in [3.8, 4) is 17.2 Å². The Bertz CT molecular complexity index is 696. The summed E-state index contributed by atoms with van der Waals surface area (Å²) in [6, 6.07) is 10.7. The molecule has 21 heavy (non-hydrogen) atoms. The van der Waals surface area contributed by atoms with Gasteiger partial charge in [-0.15, -0.1) is 0 Å². The van der Waals surface area contributed by atoms with Crippen LogP contribution in [0.5, 0.6) is 17.2 Å². The molecule has 0 aliphatic heterocycles. The predicted molar refractivity (Wildman–Crippen MR) is 76.2 cm³/mol. The number of rotatable bonds is 5. The van der Waals surface area contributed by atoms with E-state index in [0.717, 1.165) is 0 Å². The van der Waals surface area contributed by atoms with Crippen LogP contribution in [0.25, 0.3) is 0 Å². The van der Waals surface area contributed by atoms with Crippen LogP contribution in [0, 0.1) is 10.1 Å². The van der Waals surface area contributed by atoms with Crippen molar-refractivity contribution < 1.29 is 19.2 Å². The van der Waals surface area contributed by atoms with Gasteiger partial charge in [0.1, 0.15) is 11.5 Å². The van der Waals surface area contributed by atoms with Crippen molar-refractivity contribution in [3.63, 3.8) is 0 Å². The van der Waals surface area contributed by atoms with Gasteiger partial charge in [0, 0.05) is 12.1 Å². The fourth-order valence-electron chi connectivity index (χ4n) is 1.82. The fraction of sp³-hybridized carbons (Fsp3) is 0.133. The van der Waals surface area contributed by atoms with Gasteiger partial charge in [-0.1, -0.05) is 12.1 Å². The number of ether oxygens (including phenoxy) is 2. The number of para-hydroxylation sites is 2. The molecule has 0 aliphatic carbocycles. The lowest BCUT2D eigenvalue weighted by Gasteiger charge is -2.11. The van der Waals surface area contributed by atoms with Crippen LogP contribution in [0.15, 0.2) is 42.5 Å². The van der Waals surface area contributed by atoms with Gasteiger partial charge in [-0.3, -0.25) is 14.9 Å². The zero-order valence-corrected chi connectivity index (χ0v) is 11.5. The molecule has 2 aromatic carbocycles. The van der Waals surface area contributed by atoms with Gasteiger partial charge in [0.15, 0.2) is 5.78 Å². The summed E-state index contributed by atoms with van der Waals surface area (Å²) in [4.78, 5) is 22.1. The second-order valence-corrected chi connectivity index (χ2v) is 4.25. The maximum atomic E-state index is 11.6. The van der Waals surface area contributed by atoms with Crippen LogP contribution < -0.4 is 9.47 Å². The van der Waals surface area contributed by atoms with E-state index in [4.69, 9.17) is 9.47 Å². The minimum Gasteiger partial charge on any atom is -0.497 e. The van der Waals surface area contributed by atoms with E-state index in [1.807, 2.05) is 0 Å². The third-order valence-corrected chi connectivity index (χ3v) is 2.85. The number of benzene rings is 2. The second kappa shape index (κ2) is 6.04. The highest BCUT2D eigenvalue weighted by molar-refractivity contribution is 5.97. The number of methoxy groups -OCH3 is 1. The van der Waals surface area contributed by atoms with Gasteiger partial charge in [-0.25, -0.2) is 0 Å². The van der Waals surface area contributed by atoms with Crippen molar-refractivity contribution in [2.75, 3.05) is 7.11 Å². The Hall–Kier alpha value is -2.89. The standard InChI is InChI=1S/C15H13NO5/c1-10(17)12-8-7-11(20-2)9-15(12)21-14-6-4-3-5-13(14)16(18)19/h3-9H,1-2H3. The summed E-state index contributed by atoms with van der Waals surface area (Å²) in [5.74, 6) is 0.578. The quantitative estimate of drug-likeness (QED) is 0.477. The molecule has 0 bridgehead atoms. The smallest absolute Gasteiger partial charge is 0.311 e. The van der Waals surface area contributed by atoms with Crippen molar-refractivity contribution in [3.05, 3.63) is 58.1 Å². The Morgan fingerprint density at radius 3 is 2.48 bits per heavy atom. The van der Waals surface area contributed by atoms with Crippen LogP contribution in [0.2, 0.25) is 0 Å². The van der Waals surface area contributed by atoms with E-state index >= 15 is 0 Å². The molecule has 0 spiro atoms. The lowest BCUT2D eigenvalue weighted by molar-refractivity contribution is -0.385. The largest absolute Gasteiger partial charge is 0.497 e. The number of nitro benzene ring substituents is 1. The maximum Gasteiger partial charge on any atom is 0.311 e. The van der Waals surface area contributed by atoms with Gasteiger partial charge in [-0.2, -0.15) is 0 Å². The SMILES string of the molecule is COc1ccc(C(C)=O)c(Oc2ccccc2[N+](=O)[O-])c1. The molecule has 0 aromatic heterocycles. The first kappa shape index (κ1) is 14.5. The molecular weight excluding hydrogens is 274 g/mol. The van der Waals surface area contributed by atoms with E-state index in [2.05, 4.69) is 0 Å². The average Bonchev–Trinajstić information content (AvgIpc) is 2.47. The maximum absolute atomic E-state index is 11.6. The Balaban J connectivity index is 2.48. The summed E-state index contributed by atoms with van der Waals surface area (Å²) in [6.45, 7) is 1.40. The molecule has 0 atom stereocenters. The molecule has 108 valence electrons. The Labute approximate surface area is 121 Å². The lowest BCUT2D eigenvalue weighted by Crippen LogP contribution is -1.99. The Kier molecular flexibility index (Phi) is 4.18. The van der Waals surface area contributed by atoms with Gasteiger partial charge in [0.25, 0.3) is 0 Å². The van der Waals surface area contributed by atoms with E-state index in [-0.39, 0.29) is 23.0 Å². The summed E-state index contributed by atoms with van der Waals surface area (Å²) in [5, 5.41) is 11.0. The van der Waals surface area contributed by atoms with E-state index in [9.17, 15) is 14.9 Å². The summed E-state index contributed by atoms with van der Waals surface area (Å²) >= 11 is 0. The monoisotopic (exact) mass is 287 g/mol. The first-order chi connectivity index (χ1) is 10.0. The lowest BCUT2D eigenvalue weighted by atomic mass is 10.1. The summed E-state index contributed by atoms with van der Waals surface area (Å²) in [5.41, 5.74) is 0.156. The van der Waals surface area contributed by atoms with Gasteiger partial charge in [-0.05, 0) is 25.1 Å². The number of nitrogens with zero attached hydrogens (tertiary/aromatic N) is 1. The van der Waals surface area contributed by atoms with Crippen LogP contribution in [-0.4, -0.2) is 17.8 Å². The number of Topliss-reactive ketones (excluding diaryl/α,β-unsaturated/α-hetero) is 1. The van der Waals surface area contributed by atoms with E-state index in [0.29, 0.717) is 11.3 Å². The average molecular weight is 287 g/mol. The third-order valence-electron chi connectivity index (χ3n) is 2.85. The highest BCUT2D eigenvalue weighted by atomic mass is 16.6. The van der Waals surface area contributed by atoms with Gasteiger partial charge >= 0.3 is 5.69 Å². The molecule has 2 rings (SSSR count). The topological polar surface area (TPSA) is 78.7 Å². The summed E-state index contributed by atoms with van der Waals surface area (Å²) < 4.78 is 10.6. The molecule has 0 saturated heterocycles. The van der Waals surface area contributed by atoms with Crippen LogP contribution in [0.1, 0.15) is 17.3 Å². The van der Waals surface area contributed by atoms with E-state index in [1.54, 1.807) is 24.3 Å². The molecular formula is C15H13NO5. The highest BCUT2D eigenvalue weighted by Crippen LogP contribution is 2.34. The van der Waals surface area contributed by atoms with Crippen LogP contribution >= 0.6 is 0 Å². The molecule has 2 aromatic rings. The number of hydrogen-bond acceptors (Lipinski definition) is 5. The first-order valence-corrected chi connectivity index (χ1v) is 6.13. The number of ketones is 1. The van der Waals surface area contributed by atoms with Gasteiger partial charge < -0.3 is 9.47 Å². The van der Waals surface area contributed by atoms with Gasteiger partial charge in [0.05, 0.1) is 17.6 Å². The van der Waals surface area contributed by atoms with E-state index in [1.165, 1.54) is 32.2 Å². The van der Waals surface area contributed by atoms with E-state index < -0.39 is 4.92 Å². The number of hydrogen-bond donors (Lipinski definition) is 0. The Morgan fingerprint density at radius 1 is 1.14 bits per heavy atom. The molecule has 0 amide bonds. The molecule has 0 aliphatic rings. The molecule has 0 N–H and O–H groups in total. The second-order valence-electron chi connectivity index (χ2n) is 4.25. The van der Waals surface area contributed by atoms with Crippen molar-refractivity contribution in [1.29, 1.82) is 0 Å². The van der Waals surface area contributed by atoms with Crippen molar-refractivity contribution in [2.45, 2.75) is 6.92 Å². The molecule has 0 heterocycles. The molecule has 0 saturated carbocycles. The number of carbonyl (C=O) groups is 1. The minimum absolute atomic E-state index is 0.0678. The summed E-state index contributed by atoms with van der Waals surface area (Å²) in [7, 11) is 1.48. The molecule has 6 nitrogen and oxygen atoms in total. The Morgan fingerprint density at radius 2 is 1.86 bits per heavy atom. The van der Waals surface area contributed by atoms with Crippen molar-refractivity contribution in [1.82, 2.24) is 0 Å². The van der Waals surface area contributed by atoms with Crippen LogP contribution in [0.3, 0.4) is 0 Å². The van der Waals surface area contributed by atoms with Crippen LogP contribution in [0.4, 0.5) is 5.69 Å². The van der Waals surface area contributed by atoms with Crippen LogP contribution in [-0.2, 0) is 0 Å². The highest BCUT2D eigenvalue weighted by Gasteiger charge is 2.17. The summed E-state index contributed by atoms with van der Waals surface area (Å²) in [6.07, 6.45) is 0. The molecule has 6 heteroatoms. The number of nitro groups is 1. The molecule has 0 radical (unpaired) electrons. The van der Waals surface area contributed by atoms with Crippen molar-refractivity contribution in [2.24, 2.45) is 0 Å². The van der Waals surface area contributed by atoms with Crippen molar-refractivity contribution >= 4 is 11.5 Å². The molecule has 0 unspecified atom stereocenters. The first-order valence-electron chi connectivity index (χ1n) is 6.13. The predicted octanol–water partition coefficient (Wildman–Crippen LogP) is 3.60. The third kappa shape index (κ3) is 3.17.